The summed E-state index contributed by atoms with van der Waals surface area (Å²) in [6, 6.07) is 7.16. The van der Waals surface area contributed by atoms with Gasteiger partial charge in [-0.15, -0.1) is 0 Å². The number of thiazole rings is 1. The molecule has 0 bridgehead atoms. The molecule has 4 rings (SSSR count). The maximum absolute atomic E-state index is 12.6. The summed E-state index contributed by atoms with van der Waals surface area (Å²) in [6.07, 6.45) is 2.97. The molecule has 0 spiro atoms. The number of urea groups is 1. The van der Waals surface area contributed by atoms with Crippen molar-refractivity contribution in [1.29, 1.82) is 0 Å². The lowest BCUT2D eigenvalue weighted by Crippen LogP contribution is -2.43. The van der Waals surface area contributed by atoms with E-state index in [0.717, 1.165) is 18.6 Å². The number of carbonyl (C=O) groups is 1. The van der Waals surface area contributed by atoms with Crippen LogP contribution in [-0.2, 0) is 0 Å². The second kappa shape index (κ2) is 8.15. The summed E-state index contributed by atoms with van der Waals surface area (Å²) in [5.74, 6) is 1.14. The number of anilines is 1. The van der Waals surface area contributed by atoms with Crippen molar-refractivity contribution < 1.29 is 14.3 Å². The number of carbonyl (C=O) groups excluding carboxylic acids is 1. The number of amides is 2. The molecule has 0 radical (unpaired) electrons. The first-order chi connectivity index (χ1) is 13.6. The van der Waals surface area contributed by atoms with E-state index in [1.807, 2.05) is 18.2 Å². The molecule has 3 aromatic rings. The van der Waals surface area contributed by atoms with Crippen LogP contribution in [0.2, 0.25) is 5.02 Å². The third-order valence-corrected chi connectivity index (χ3v) is 5.51. The topological polar surface area (TPSA) is 89.5 Å². The van der Waals surface area contributed by atoms with Crippen LogP contribution < -0.4 is 14.8 Å². The van der Waals surface area contributed by atoms with Crippen molar-refractivity contribution in [3.8, 4) is 11.6 Å². The second-order valence-corrected chi connectivity index (χ2v) is 7.66. The zero-order valence-corrected chi connectivity index (χ0v) is 16.7. The minimum Gasteiger partial charge on any atom is -0.490 e. The first-order valence-corrected chi connectivity index (χ1v) is 9.95. The fraction of sp³-hybridized carbons (Fsp3) is 0.333. The van der Waals surface area contributed by atoms with Crippen molar-refractivity contribution in [2.24, 2.45) is 0 Å². The Morgan fingerprint density at radius 1 is 1.32 bits per heavy atom. The Balaban J connectivity index is 1.34. The first-order valence-electron chi connectivity index (χ1n) is 8.76. The van der Waals surface area contributed by atoms with Gasteiger partial charge < -0.3 is 14.4 Å². The zero-order chi connectivity index (χ0) is 19.5. The van der Waals surface area contributed by atoms with Crippen LogP contribution in [0.25, 0.3) is 10.3 Å². The van der Waals surface area contributed by atoms with E-state index in [1.54, 1.807) is 11.0 Å². The van der Waals surface area contributed by atoms with Crippen LogP contribution in [0.3, 0.4) is 0 Å². The molecule has 1 aromatic carbocycles. The summed E-state index contributed by atoms with van der Waals surface area (Å²) in [6.45, 7) is 1.20. The van der Waals surface area contributed by atoms with E-state index < -0.39 is 0 Å². The normalized spacial score (nSPS) is 14.9. The predicted octanol–water partition coefficient (Wildman–Crippen LogP) is 3.82. The Morgan fingerprint density at radius 3 is 2.89 bits per heavy atom. The molecule has 8 nitrogen and oxygen atoms in total. The minimum absolute atomic E-state index is 0.0597. The van der Waals surface area contributed by atoms with E-state index in [4.69, 9.17) is 21.1 Å². The summed E-state index contributed by atoms with van der Waals surface area (Å²) in [5.41, 5.74) is 0.541. The molecule has 10 heteroatoms. The van der Waals surface area contributed by atoms with Crippen molar-refractivity contribution in [1.82, 2.24) is 19.9 Å². The number of hydrogen-bond acceptors (Lipinski definition) is 7. The Hall–Kier alpha value is -2.65. The number of likely N-dealkylation sites (tertiary alicyclic amines) is 1. The van der Waals surface area contributed by atoms with Crippen LogP contribution in [0.5, 0.6) is 11.6 Å². The zero-order valence-electron chi connectivity index (χ0n) is 15.1. The molecule has 1 saturated heterocycles. The molecule has 3 heterocycles. The summed E-state index contributed by atoms with van der Waals surface area (Å²) < 4.78 is 11.1. The Morgan fingerprint density at radius 2 is 2.14 bits per heavy atom. The number of hydrogen-bond donors (Lipinski definition) is 1. The molecule has 1 fully saturated rings. The van der Waals surface area contributed by atoms with Crippen LogP contribution in [0, 0.1) is 0 Å². The summed E-state index contributed by atoms with van der Waals surface area (Å²) >= 11 is 7.28. The van der Waals surface area contributed by atoms with Crippen LogP contribution >= 0.6 is 22.9 Å². The fourth-order valence-electron chi connectivity index (χ4n) is 3.02. The molecule has 0 atom stereocenters. The van der Waals surface area contributed by atoms with Crippen LogP contribution in [0.15, 0.2) is 30.6 Å². The minimum atomic E-state index is -0.188. The predicted molar refractivity (Wildman–Crippen MR) is 107 cm³/mol. The highest BCUT2D eigenvalue weighted by Gasteiger charge is 2.25. The van der Waals surface area contributed by atoms with E-state index in [2.05, 4.69) is 20.3 Å². The lowest BCUT2D eigenvalue weighted by molar-refractivity contribution is 0.115. The average Bonchev–Trinajstić information content (AvgIpc) is 3.11. The van der Waals surface area contributed by atoms with Gasteiger partial charge >= 0.3 is 6.03 Å². The first kappa shape index (κ1) is 18.7. The van der Waals surface area contributed by atoms with Crippen LogP contribution in [0.1, 0.15) is 12.8 Å². The van der Waals surface area contributed by atoms with Crippen molar-refractivity contribution in [3.05, 3.63) is 35.6 Å². The number of fused-ring (bicyclic) bond motifs is 1. The fourth-order valence-corrected chi connectivity index (χ4v) is 3.98. The number of halogens is 1. The maximum Gasteiger partial charge on any atom is 0.323 e. The van der Waals surface area contributed by atoms with E-state index in [-0.39, 0.29) is 12.1 Å². The smallest absolute Gasteiger partial charge is 0.323 e. The highest BCUT2D eigenvalue weighted by Crippen LogP contribution is 2.29. The summed E-state index contributed by atoms with van der Waals surface area (Å²) in [5, 5.41) is 3.95. The third kappa shape index (κ3) is 4.10. The highest BCUT2D eigenvalue weighted by molar-refractivity contribution is 7.22. The number of nitrogens with one attached hydrogen (secondary N) is 1. The molecule has 1 N–H and O–H groups in total. The number of ether oxygens (including phenoxy) is 2. The number of benzene rings is 1. The molecule has 2 amide bonds. The Kier molecular flexibility index (Phi) is 5.45. The molecular formula is C18H18ClN5O3S. The number of methoxy groups -OCH3 is 1. The molecule has 0 saturated carbocycles. The van der Waals surface area contributed by atoms with Gasteiger partial charge in [0.2, 0.25) is 5.88 Å². The molecule has 0 aliphatic carbocycles. The van der Waals surface area contributed by atoms with Crippen LogP contribution in [0.4, 0.5) is 9.93 Å². The lowest BCUT2D eigenvalue weighted by atomic mass is 10.1. The van der Waals surface area contributed by atoms with Gasteiger partial charge in [-0.3, -0.25) is 5.32 Å². The van der Waals surface area contributed by atoms with E-state index in [0.29, 0.717) is 39.5 Å². The van der Waals surface area contributed by atoms with Gasteiger partial charge in [0.05, 0.1) is 7.11 Å². The summed E-state index contributed by atoms with van der Waals surface area (Å²) in [7, 11) is 1.52. The molecule has 1 aliphatic rings. The van der Waals surface area contributed by atoms with Gasteiger partial charge in [-0.05, 0) is 18.2 Å². The van der Waals surface area contributed by atoms with Gasteiger partial charge in [-0.25, -0.2) is 14.8 Å². The SMILES string of the molecule is COc1ncnc2sc(NC(=O)N3CCC(Oc4cccc(Cl)c4)CC3)nc12. The molecule has 2 aromatic heterocycles. The molecule has 146 valence electrons. The van der Waals surface area contributed by atoms with Gasteiger partial charge in [-0.2, -0.15) is 4.98 Å². The van der Waals surface area contributed by atoms with Crippen molar-refractivity contribution >= 4 is 44.4 Å². The Labute approximate surface area is 170 Å². The quantitative estimate of drug-likeness (QED) is 0.691. The van der Waals surface area contributed by atoms with Gasteiger partial charge in [0.1, 0.15) is 18.2 Å². The van der Waals surface area contributed by atoms with E-state index in [1.165, 1.54) is 24.8 Å². The molecular weight excluding hydrogens is 402 g/mol. The second-order valence-electron chi connectivity index (χ2n) is 6.25. The summed E-state index contributed by atoms with van der Waals surface area (Å²) in [4.78, 5) is 27.5. The van der Waals surface area contributed by atoms with Crippen LogP contribution in [-0.4, -0.2) is 52.2 Å². The number of piperidine rings is 1. The van der Waals surface area contributed by atoms with E-state index in [9.17, 15) is 4.79 Å². The number of aromatic nitrogens is 3. The Bertz CT molecular complexity index is 990. The highest BCUT2D eigenvalue weighted by atomic mass is 35.5. The van der Waals surface area contributed by atoms with Crippen molar-refractivity contribution in [2.75, 3.05) is 25.5 Å². The third-order valence-electron chi connectivity index (χ3n) is 4.40. The molecule has 0 unspecified atom stereocenters. The number of nitrogens with zero attached hydrogens (tertiary/aromatic N) is 4. The van der Waals surface area contributed by atoms with Gasteiger partial charge in [0, 0.05) is 31.0 Å². The molecule has 1 aliphatic heterocycles. The monoisotopic (exact) mass is 419 g/mol. The number of rotatable bonds is 4. The molecule has 28 heavy (non-hydrogen) atoms. The van der Waals surface area contributed by atoms with Gasteiger partial charge in [-0.1, -0.05) is 29.0 Å². The standard InChI is InChI=1S/C18H18ClN5O3S/c1-26-15-14-16(21-10-20-15)28-17(22-14)23-18(25)24-7-5-12(6-8-24)27-13-4-2-3-11(19)9-13/h2-4,9-10,12H,5-8H2,1H3,(H,22,23,25). The largest absolute Gasteiger partial charge is 0.490 e. The van der Waals surface area contributed by atoms with E-state index >= 15 is 0 Å². The van der Waals surface area contributed by atoms with Crippen molar-refractivity contribution in [2.45, 2.75) is 18.9 Å². The van der Waals surface area contributed by atoms with Gasteiger partial charge in [0.15, 0.2) is 15.5 Å². The lowest BCUT2D eigenvalue weighted by Gasteiger charge is -2.32. The van der Waals surface area contributed by atoms with Crippen molar-refractivity contribution in [3.63, 3.8) is 0 Å². The van der Waals surface area contributed by atoms with Gasteiger partial charge in [0.25, 0.3) is 0 Å². The maximum atomic E-state index is 12.6. The average molecular weight is 420 g/mol.